The maximum Gasteiger partial charge on any atom is 0.306 e. The van der Waals surface area contributed by atoms with Crippen LogP contribution in [-0.4, -0.2) is 70.7 Å². The van der Waals surface area contributed by atoms with Crippen molar-refractivity contribution in [2.24, 2.45) is 0 Å². The normalized spacial score (nSPS) is 13.9. The number of nitrogens with zero attached hydrogens (tertiary/aromatic N) is 1. The highest BCUT2D eigenvalue weighted by Gasteiger charge is 2.20. The summed E-state index contributed by atoms with van der Waals surface area (Å²) in [5.74, 6) is -0.335. The van der Waals surface area contributed by atoms with Gasteiger partial charge in [-0.05, 0) is 44.9 Å². The fourth-order valence-corrected chi connectivity index (χ4v) is 7.31. The fourth-order valence-electron chi connectivity index (χ4n) is 6.58. The maximum atomic E-state index is 12.7. The molecule has 0 aromatic heterocycles. The molecule has 0 aliphatic carbocycles. The summed E-state index contributed by atoms with van der Waals surface area (Å²) in [6, 6.07) is 0. The number of hydrogen-bond donors (Lipinski definition) is 0. The Morgan fingerprint density at radius 3 is 1.48 bits per heavy atom. The van der Waals surface area contributed by atoms with Crippen LogP contribution in [0.1, 0.15) is 213 Å². The van der Waals surface area contributed by atoms with Gasteiger partial charge in [0.05, 0.1) is 34.4 Å². The largest absolute Gasteiger partial charge is 0.756 e. The van der Waals surface area contributed by atoms with Crippen molar-refractivity contribution >= 4 is 13.8 Å². The first-order chi connectivity index (χ1) is 27.1. The Morgan fingerprint density at radius 2 is 0.982 bits per heavy atom. The molecule has 332 valence electrons. The van der Waals surface area contributed by atoms with Crippen LogP contribution in [0.3, 0.4) is 0 Å². The summed E-state index contributed by atoms with van der Waals surface area (Å²) in [5.41, 5.74) is 0. The van der Waals surface area contributed by atoms with Crippen molar-refractivity contribution in [3.05, 3.63) is 24.3 Å². The smallest absolute Gasteiger partial charge is 0.306 e. The highest BCUT2D eigenvalue weighted by atomic mass is 31.2. The average molecular weight is 814 g/mol. The Morgan fingerprint density at radius 1 is 0.554 bits per heavy atom. The monoisotopic (exact) mass is 814 g/mol. The van der Waals surface area contributed by atoms with Gasteiger partial charge in [0.25, 0.3) is 7.82 Å². The third kappa shape index (κ3) is 44.1. The first kappa shape index (κ1) is 55.0. The minimum Gasteiger partial charge on any atom is -0.756 e. The van der Waals surface area contributed by atoms with Gasteiger partial charge in [0.15, 0.2) is 0 Å². The Labute approximate surface area is 347 Å². The predicted octanol–water partition coefficient (Wildman–Crippen LogP) is 13.4. The molecule has 0 aromatic rings. The number of carbonyl (C=O) groups is 1. The first-order valence-corrected chi connectivity index (χ1v) is 25.0. The molecule has 0 spiro atoms. The van der Waals surface area contributed by atoms with E-state index in [1.807, 2.05) is 21.1 Å². The zero-order valence-electron chi connectivity index (χ0n) is 37.6. The minimum atomic E-state index is -4.52. The summed E-state index contributed by atoms with van der Waals surface area (Å²) < 4.78 is 34.7. The SMILES string of the molecule is CCCCC/C=C\C/C=C\CCCCCCCCCCCC(=O)OC(COCCCCCCCCCCCCCCCCC)COP(=O)([O-])OCC[N+](C)(C)C. The van der Waals surface area contributed by atoms with Gasteiger partial charge in [0.2, 0.25) is 0 Å². The van der Waals surface area contributed by atoms with Crippen molar-refractivity contribution in [3.8, 4) is 0 Å². The zero-order chi connectivity index (χ0) is 41.3. The van der Waals surface area contributed by atoms with Gasteiger partial charge >= 0.3 is 5.97 Å². The van der Waals surface area contributed by atoms with Gasteiger partial charge in [-0.1, -0.05) is 186 Å². The molecule has 0 bridgehead atoms. The van der Waals surface area contributed by atoms with E-state index in [-0.39, 0.29) is 25.8 Å². The van der Waals surface area contributed by atoms with Gasteiger partial charge in [0, 0.05) is 13.0 Å². The number of esters is 1. The number of hydrogen-bond acceptors (Lipinski definition) is 7. The van der Waals surface area contributed by atoms with Crippen molar-refractivity contribution in [2.75, 3.05) is 54.1 Å². The van der Waals surface area contributed by atoms with Crippen LogP contribution in [0.15, 0.2) is 24.3 Å². The molecular weight excluding hydrogens is 721 g/mol. The number of phosphoric acid groups is 1. The summed E-state index contributed by atoms with van der Waals surface area (Å²) in [7, 11) is 1.36. The van der Waals surface area contributed by atoms with E-state index in [4.69, 9.17) is 18.5 Å². The number of ether oxygens (including phenoxy) is 2. The molecule has 0 aromatic carbocycles. The lowest BCUT2D eigenvalue weighted by Gasteiger charge is -2.28. The average Bonchev–Trinajstić information content (AvgIpc) is 3.15. The Kier molecular flexibility index (Phi) is 40.0. The molecule has 2 atom stereocenters. The highest BCUT2D eigenvalue weighted by Crippen LogP contribution is 2.38. The lowest BCUT2D eigenvalue weighted by atomic mass is 10.0. The first-order valence-electron chi connectivity index (χ1n) is 23.6. The van der Waals surface area contributed by atoms with Crippen LogP contribution >= 0.6 is 7.82 Å². The molecule has 0 rings (SSSR count). The quantitative estimate of drug-likeness (QED) is 0.0199. The van der Waals surface area contributed by atoms with E-state index in [0.717, 1.165) is 38.5 Å². The molecule has 2 unspecified atom stereocenters. The van der Waals surface area contributed by atoms with Crippen LogP contribution < -0.4 is 4.89 Å². The number of allylic oxidation sites excluding steroid dienone is 4. The van der Waals surface area contributed by atoms with E-state index in [1.165, 1.54) is 154 Å². The van der Waals surface area contributed by atoms with E-state index in [0.29, 0.717) is 24.1 Å². The maximum absolute atomic E-state index is 12.7. The molecule has 8 nitrogen and oxygen atoms in total. The van der Waals surface area contributed by atoms with Crippen molar-refractivity contribution in [2.45, 2.75) is 219 Å². The van der Waals surface area contributed by atoms with Crippen LogP contribution in [0.25, 0.3) is 0 Å². The lowest BCUT2D eigenvalue weighted by molar-refractivity contribution is -0.870. The molecule has 0 N–H and O–H groups in total. The van der Waals surface area contributed by atoms with E-state index in [1.54, 1.807) is 0 Å². The number of phosphoric ester groups is 1. The number of unbranched alkanes of at least 4 members (excludes halogenated alkanes) is 26. The Balaban J connectivity index is 4.17. The summed E-state index contributed by atoms with van der Waals surface area (Å²) in [6.07, 6.45) is 46.1. The van der Waals surface area contributed by atoms with Crippen molar-refractivity contribution in [1.82, 2.24) is 0 Å². The van der Waals surface area contributed by atoms with Gasteiger partial charge in [-0.15, -0.1) is 0 Å². The Hall–Kier alpha value is -1.02. The van der Waals surface area contributed by atoms with Gasteiger partial charge in [-0.3, -0.25) is 9.36 Å². The van der Waals surface area contributed by atoms with Crippen LogP contribution in [0, 0.1) is 0 Å². The second-order valence-electron chi connectivity index (χ2n) is 17.1. The summed E-state index contributed by atoms with van der Waals surface area (Å²) >= 11 is 0. The number of quaternary nitrogens is 1. The van der Waals surface area contributed by atoms with Gasteiger partial charge < -0.3 is 27.9 Å². The molecular formula is C47H92NO7P. The van der Waals surface area contributed by atoms with E-state index in [2.05, 4.69) is 38.2 Å². The number of likely N-dealkylation sites (N-methyl/N-ethyl adjacent to an activating group) is 1. The highest BCUT2D eigenvalue weighted by molar-refractivity contribution is 7.45. The molecule has 0 amide bonds. The molecule has 0 aliphatic rings. The summed E-state index contributed by atoms with van der Waals surface area (Å²) in [4.78, 5) is 25.1. The van der Waals surface area contributed by atoms with Gasteiger partial charge in [0.1, 0.15) is 19.3 Å². The summed E-state index contributed by atoms with van der Waals surface area (Å²) in [6.45, 7) is 5.42. The molecule has 0 aliphatic heterocycles. The third-order valence-corrected chi connectivity index (χ3v) is 11.2. The topological polar surface area (TPSA) is 94.1 Å². The Bertz CT molecular complexity index is 951. The van der Waals surface area contributed by atoms with E-state index >= 15 is 0 Å². The minimum absolute atomic E-state index is 0.0274. The van der Waals surface area contributed by atoms with E-state index < -0.39 is 13.9 Å². The third-order valence-electron chi connectivity index (χ3n) is 10.3. The van der Waals surface area contributed by atoms with Crippen molar-refractivity contribution < 1.29 is 37.3 Å². The molecule has 0 radical (unpaired) electrons. The van der Waals surface area contributed by atoms with E-state index in [9.17, 15) is 14.3 Å². The molecule has 0 saturated carbocycles. The lowest BCUT2D eigenvalue weighted by Crippen LogP contribution is -2.37. The van der Waals surface area contributed by atoms with Crippen molar-refractivity contribution in [1.29, 1.82) is 0 Å². The number of rotatable bonds is 44. The number of carbonyl (C=O) groups excluding carboxylic acids is 1. The summed E-state index contributed by atoms with van der Waals surface area (Å²) in [5, 5.41) is 0. The molecule has 56 heavy (non-hydrogen) atoms. The standard InChI is InChI=1S/C47H92NO7P/c1-6-8-10-12-14-16-18-20-22-23-24-25-26-28-30-32-34-36-38-40-47(49)55-46(45-54-56(50,51)53-43-41-48(3,4)5)44-52-42-39-37-35-33-31-29-27-21-19-17-15-13-11-9-7-2/h14,16,20,22,46H,6-13,15,17-19,21,23-45H2,1-5H3/b16-14-,22-20-. The van der Waals surface area contributed by atoms with Gasteiger partial charge in [-0.2, -0.15) is 0 Å². The zero-order valence-corrected chi connectivity index (χ0v) is 38.5. The van der Waals surface area contributed by atoms with Gasteiger partial charge in [-0.25, -0.2) is 0 Å². The second kappa shape index (κ2) is 40.7. The predicted molar refractivity (Wildman–Crippen MR) is 236 cm³/mol. The molecule has 0 heterocycles. The van der Waals surface area contributed by atoms with Crippen LogP contribution in [0.4, 0.5) is 0 Å². The van der Waals surface area contributed by atoms with Crippen molar-refractivity contribution in [3.63, 3.8) is 0 Å². The second-order valence-corrected chi connectivity index (χ2v) is 18.5. The fraction of sp³-hybridized carbons (Fsp3) is 0.894. The van der Waals surface area contributed by atoms with Crippen LogP contribution in [0.2, 0.25) is 0 Å². The molecule has 0 saturated heterocycles. The van der Waals surface area contributed by atoms with Crippen LogP contribution in [-0.2, 0) is 27.9 Å². The van der Waals surface area contributed by atoms with Crippen LogP contribution in [0.5, 0.6) is 0 Å². The molecule has 9 heteroatoms. The molecule has 0 fully saturated rings.